The van der Waals surface area contributed by atoms with Crippen LogP contribution in [0.25, 0.3) is 10.9 Å². The quantitative estimate of drug-likeness (QED) is 0.581. The maximum Gasteiger partial charge on any atom is 0.214 e. The van der Waals surface area contributed by atoms with Gasteiger partial charge in [0.2, 0.25) is 6.41 Å². The maximum absolute atomic E-state index is 10.9. The van der Waals surface area contributed by atoms with Crippen LogP contribution in [0, 0.1) is 0 Å². The summed E-state index contributed by atoms with van der Waals surface area (Å²) in [5.74, 6) is 5.79. The van der Waals surface area contributed by atoms with E-state index in [1.807, 2.05) is 12.3 Å². The first-order valence-corrected chi connectivity index (χ1v) is 5.07. The van der Waals surface area contributed by atoms with Gasteiger partial charge in [0.25, 0.3) is 0 Å². The van der Waals surface area contributed by atoms with Crippen LogP contribution in [-0.2, 0) is 11.2 Å². The van der Waals surface area contributed by atoms with E-state index in [1.165, 1.54) is 5.56 Å². The van der Waals surface area contributed by atoms with E-state index in [4.69, 9.17) is 10.7 Å². The van der Waals surface area contributed by atoms with Gasteiger partial charge in [-0.25, -0.2) is 0 Å². The minimum Gasteiger partial charge on any atom is -0.409 e. The molecule has 0 saturated heterocycles. The highest BCUT2D eigenvalue weighted by atomic mass is 16.6. The van der Waals surface area contributed by atoms with Crippen LogP contribution in [0.1, 0.15) is 5.56 Å². The SMILES string of the molecule is NOc1cc2c(c3cc[nH]c13)CCN2C=O. The lowest BCUT2D eigenvalue weighted by Crippen LogP contribution is -2.17. The number of aromatic nitrogens is 1. The van der Waals surface area contributed by atoms with Gasteiger partial charge in [-0.1, -0.05) is 0 Å². The molecule has 0 unspecified atom stereocenters. The first-order chi connectivity index (χ1) is 7.85. The smallest absolute Gasteiger partial charge is 0.214 e. The molecule has 1 aromatic carbocycles. The van der Waals surface area contributed by atoms with Gasteiger partial charge in [-0.15, -0.1) is 0 Å². The molecule has 2 heterocycles. The maximum atomic E-state index is 10.9. The monoisotopic (exact) mass is 217 g/mol. The lowest BCUT2D eigenvalue weighted by molar-refractivity contribution is -0.107. The number of carbonyl (C=O) groups excluding carboxylic acids is 1. The average Bonchev–Trinajstić information content (AvgIpc) is 2.93. The molecule has 0 bridgehead atoms. The minimum absolute atomic E-state index is 0.563. The number of H-pyrrole nitrogens is 1. The van der Waals surface area contributed by atoms with Gasteiger partial charge in [0.1, 0.15) is 0 Å². The molecule has 1 aromatic heterocycles. The summed E-state index contributed by atoms with van der Waals surface area (Å²) in [5, 5.41) is 1.07. The van der Waals surface area contributed by atoms with Crippen molar-refractivity contribution in [2.24, 2.45) is 5.90 Å². The van der Waals surface area contributed by atoms with Crippen LogP contribution in [-0.4, -0.2) is 17.9 Å². The zero-order valence-corrected chi connectivity index (χ0v) is 8.56. The van der Waals surface area contributed by atoms with E-state index in [9.17, 15) is 4.79 Å². The van der Waals surface area contributed by atoms with Gasteiger partial charge >= 0.3 is 0 Å². The van der Waals surface area contributed by atoms with Crippen molar-refractivity contribution in [1.29, 1.82) is 0 Å². The third-order valence-electron chi connectivity index (χ3n) is 3.06. The van der Waals surface area contributed by atoms with E-state index >= 15 is 0 Å². The summed E-state index contributed by atoms with van der Waals surface area (Å²) in [5.41, 5.74) is 2.95. The lowest BCUT2D eigenvalue weighted by Gasteiger charge is -2.11. The van der Waals surface area contributed by atoms with Crippen molar-refractivity contribution < 1.29 is 9.63 Å². The highest BCUT2D eigenvalue weighted by Gasteiger charge is 2.23. The normalized spacial score (nSPS) is 14.2. The van der Waals surface area contributed by atoms with E-state index in [0.29, 0.717) is 12.3 Å². The molecule has 3 N–H and O–H groups in total. The van der Waals surface area contributed by atoms with Crippen LogP contribution in [0.2, 0.25) is 0 Å². The van der Waals surface area contributed by atoms with Gasteiger partial charge in [-0.05, 0) is 18.1 Å². The third-order valence-corrected chi connectivity index (χ3v) is 3.06. The van der Waals surface area contributed by atoms with Gasteiger partial charge in [-0.2, -0.15) is 5.90 Å². The number of nitrogens with one attached hydrogen (secondary N) is 1. The molecule has 0 saturated carbocycles. The molecule has 0 spiro atoms. The summed E-state index contributed by atoms with van der Waals surface area (Å²) in [6.07, 6.45) is 3.55. The van der Waals surface area contributed by atoms with Crippen LogP contribution in [0.15, 0.2) is 18.3 Å². The second kappa shape index (κ2) is 3.24. The number of fused-ring (bicyclic) bond motifs is 3. The molecular weight excluding hydrogens is 206 g/mol. The largest absolute Gasteiger partial charge is 0.409 e. The van der Waals surface area contributed by atoms with E-state index < -0.39 is 0 Å². The van der Waals surface area contributed by atoms with Crippen LogP contribution in [0.3, 0.4) is 0 Å². The van der Waals surface area contributed by atoms with Crippen molar-refractivity contribution in [3.63, 3.8) is 0 Å². The topological polar surface area (TPSA) is 71.3 Å². The molecule has 0 radical (unpaired) electrons. The Morgan fingerprint density at radius 2 is 2.44 bits per heavy atom. The summed E-state index contributed by atoms with van der Waals surface area (Å²) < 4.78 is 0. The Morgan fingerprint density at radius 3 is 3.19 bits per heavy atom. The van der Waals surface area contributed by atoms with Crippen molar-refractivity contribution in [3.05, 3.63) is 23.9 Å². The first kappa shape index (κ1) is 9.23. The number of anilines is 1. The fraction of sp³-hybridized carbons (Fsp3) is 0.182. The number of benzene rings is 1. The van der Waals surface area contributed by atoms with Gasteiger partial charge < -0.3 is 14.7 Å². The number of nitrogens with zero attached hydrogens (tertiary/aromatic N) is 1. The Morgan fingerprint density at radius 1 is 1.56 bits per heavy atom. The fourth-order valence-corrected chi connectivity index (χ4v) is 2.32. The fourth-order valence-electron chi connectivity index (χ4n) is 2.32. The molecule has 0 aliphatic carbocycles. The molecule has 0 fully saturated rings. The third kappa shape index (κ3) is 1.06. The Labute approximate surface area is 91.7 Å². The van der Waals surface area contributed by atoms with Crippen LogP contribution in [0.5, 0.6) is 5.75 Å². The van der Waals surface area contributed by atoms with Gasteiger partial charge in [0.15, 0.2) is 5.75 Å². The standard InChI is InChI=1S/C11H11N3O2/c12-16-10-5-9-7(2-4-14(9)6-15)8-1-3-13-11(8)10/h1,3,5-6,13H,2,4,12H2. The number of aromatic amines is 1. The molecule has 3 rings (SSSR count). The van der Waals surface area contributed by atoms with Gasteiger partial charge in [0, 0.05) is 24.2 Å². The van der Waals surface area contributed by atoms with Crippen LogP contribution >= 0.6 is 0 Å². The van der Waals surface area contributed by atoms with Crippen molar-refractivity contribution in [1.82, 2.24) is 4.98 Å². The number of amides is 1. The number of hydrogen-bond acceptors (Lipinski definition) is 3. The first-order valence-electron chi connectivity index (χ1n) is 5.07. The van der Waals surface area contributed by atoms with E-state index in [0.717, 1.165) is 29.4 Å². The Bertz CT molecular complexity index is 562. The number of nitrogens with two attached hydrogens (primary N) is 1. The van der Waals surface area contributed by atoms with Gasteiger partial charge in [-0.3, -0.25) is 4.79 Å². The summed E-state index contributed by atoms with van der Waals surface area (Å²) in [7, 11) is 0. The Balaban J connectivity index is 2.34. The molecule has 5 heteroatoms. The molecule has 0 atom stereocenters. The second-order valence-corrected chi connectivity index (χ2v) is 3.81. The van der Waals surface area contributed by atoms with E-state index in [2.05, 4.69) is 4.98 Å². The number of hydrogen-bond donors (Lipinski definition) is 2. The molecule has 5 nitrogen and oxygen atoms in total. The van der Waals surface area contributed by atoms with Crippen molar-refractivity contribution in [3.8, 4) is 5.75 Å². The molecule has 1 amide bonds. The van der Waals surface area contributed by atoms with Crippen molar-refractivity contribution in [2.75, 3.05) is 11.4 Å². The molecular formula is C11H11N3O2. The summed E-state index contributed by atoms with van der Waals surface area (Å²) in [4.78, 5) is 20.5. The van der Waals surface area contributed by atoms with Crippen LogP contribution in [0.4, 0.5) is 5.69 Å². The van der Waals surface area contributed by atoms with Crippen molar-refractivity contribution >= 4 is 23.0 Å². The van der Waals surface area contributed by atoms with Crippen molar-refractivity contribution in [2.45, 2.75) is 6.42 Å². The zero-order chi connectivity index (χ0) is 11.1. The zero-order valence-electron chi connectivity index (χ0n) is 8.56. The predicted molar refractivity (Wildman–Crippen MR) is 60.2 cm³/mol. The molecule has 82 valence electrons. The lowest BCUT2D eigenvalue weighted by atomic mass is 10.1. The summed E-state index contributed by atoms with van der Waals surface area (Å²) in [6.45, 7) is 0.715. The average molecular weight is 217 g/mol. The predicted octanol–water partition coefficient (Wildman–Crippen LogP) is 0.939. The second-order valence-electron chi connectivity index (χ2n) is 3.81. The van der Waals surface area contributed by atoms with Crippen LogP contribution < -0.4 is 15.6 Å². The minimum atomic E-state index is 0.563. The molecule has 1 aliphatic heterocycles. The van der Waals surface area contributed by atoms with E-state index in [-0.39, 0.29) is 0 Å². The Kier molecular flexibility index (Phi) is 1.87. The highest BCUT2D eigenvalue weighted by Crippen LogP contribution is 2.38. The Hall–Kier alpha value is -2.01. The van der Waals surface area contributed by atoms with E-state index in [1.54, 1.807) is 11.0 Å². The summed E-state index contributed by atoms with van der Waals surface area (Å²) >= 11 is 0. The highest BCUT2D eigenvalue weighted by molar-refractivity contribution is 5.97. The molecule has 1 aliphatic rings. The summed E-state index contributed by atoms with van der Waals surface area (Å²) in [6, 6.07) is 3.78. The number of carbonyl (C=O) groups is 1. The number of rotatable bonds is 2. The molecule has 16 heavy (non-hydrogen) atoms. The van der Waals surface area contributed by atoms with Gasteiger partial charge in [0.05, 0.1) is 11.2 Å². The molecule has 2 aromatic rings.